The summed E-state index contributed by atoms with van der Waals surface area (Å²) in [4.78, 5) is 12.8. The van der Waals surface area contributed by atoms with Crippen LogP contribution in [0, 0.1) is 0 Å². The molecule has 4 nitrogen and oxygen atoms in total. The number of hydrogen-bond acceptors (Lipinski definition) is 3. The zero-order valence-corrected chi connectivity index (χ0v) is 16.6. The molecule has 0 spiro atoms. The van der Waals surface area contributed by atoms with Crippen molar-refractivity contribution in [1.29, 1.82) is 0 Å². The first kappa shape index (κ1) is 19.8. The van der Waals surface area contributed by atoms with E-state index in [9.17, 15) is 4.79 Å². The fraction of sp³-hybridized carbons (Fsp3) is 0.174. The SMILES string of the molecule is COc1ccc(CC(NC(=O)c2cccc(Cl)c2)c2ccc(OC)cc2)cc1. The highest BCUT2D eigenvalue weighted by Crippen LogP contribution is 2.23. The number of hydrogen-bond donors (Lipinski definition) is 1. The van der Waals surface area contributed by atoms with Gasteiger partial charge in [-0.15, -0.1) is 0 Å². The summed E-state index contributed by atoms with van der Waals surface area (Å²) in [6, 6.07) is 22.3. The van der Waals surface area contributed by atoms with Crippen LogP contribution in [0.5, 0.6) is 11.5 Å². The smallest absolute Gasteiger partial charge is 0.251 e. The van der Waals surface area contributed by atoms with Gasteiger partial charge >= 0.3 is 0 Å². The quantitative estimate of drug-likeness (QED) is 0.607. The Hall–Kier alpha value is -2.98. The second kappa shape index (κ2) is 9.29. The van der Waals surface area contributed by atoms with E-state index in [0.717, 1.165) is 22.6 Å². The van der Waals surface area contributed by atoms with Gasteiger partial charge in [-0.05, 0) is 60.0 Å². The maximum atomic E-state index is 12.8. The summed E-state index contributed by atoms with van der Waals surface area (Å²) in [7, 11) is 3.27. The van der Waals surface area contributed by atoms with Crippen molar-refractivity contribution in [1.82, 2.24) is 5.32 Å². The van der Waals surface area contributed by atoms with Crippen molar-refractivity contribution < 1.29 is 14.3 Å². The molecule has 0 heterocycles. The molecule has 144 valence electrons. The van der Waals surface area contributed by atoms with Crippen molar-refractivity contribution in [2.45, 2.75) is 12.5 Å². The minimum atomic E-state index is -0.203. The van der Waals surface area contributed by atoms with Crippen molar-refractivity contribution in [3.63, 3.8) is 0 Å². The van der Waals surface area contributed by atoms with E-state index >= 15 is 0 Å². The molecule has 1 N–H and O–H groups in total. The van der Waals surface area contributed by atoms with Gasteiger partial charge in [-0.3, -0.25) is 4.79 Å². The van der Waals surface area contributed by atoms with Crippen LogP contribution in [0.1, 0.15) is 27.5 Å². The Morgan fingerprint density at radius 2 is 1.54 bits per heavy atom. The maximum absolute atomic E-state index is 12.8. The summed E-state index contributed by atoms with van der Waals surface area (Å²) in [6.45, 7) is 0. The molecule has 0 fully saturated rings. The number of carbonyl (C=O) groups excluding carboxylic acids is 1. The van der Waals surface area contributed by atoms with Crippen LogP contribution in [0.3, 0.4) is 0 Å². The van der Waals surface area contributed by atoms with Gasteiger partial charge in [0, 0.05) is 10.6 Å². The molecule has 0 aliphatic rings. The van der Waals surface area contributed by atoms with E-state index in [1.165, 1.54) is 0 Å². The third-order valence-corrected chi connectivity index (χ3v) is 4.74. The number of halogens is 1. The van der Waals surface area contributed by atoms with E-state index in [1.54, 1.807) is 38.5 Å². The first-order valence-corrected chi connectivity index (χ1v) is 9.30. The summed E-state index contributed by atoms with van der Waals surface area (Å²) in [5, 5.41) is 3.65. The average Bonchev–Trinajstić information content (AvgIpc) is 2.74. The second-order valence-electron chi connectivity index (χ2n) is 6.36. The lowest BCUT2D eigenvalue weighted by Gasteiger charge is -2.20. The molecule has 3 rings (SSSR count). The molecule has 0 radical (unpaired) electrons. The zero-order valence-electron chi connectivity index (χ0n) is 15.8. The van der Waals surface area contributed by atoms with Crippen LogP contribution in [0.2, 0.25) is 5.02 Å². The number of rotatable bonds is 7. The van der Waals surface area contributed by atoms with Gasteiger partial charge in [-0.1, -0.05) is 41.9 Å². The highest BCUT2D eigenvalue weighted by Gasteiger charge is 2.17. The Labute approximate surface area is 170 Å². The van der Waals surface area contributed by atoms with Crippen LogP contribution in [-0.4, -0.2) is 20.1 Å². The molecular formula is C23H22ClNO3. The molecule has 28 heavy (non-hydrogen) atoms. The molecule has 0 aliphatic heterocycles. The van der Waals surface area contributed by atoms with Crippen molar-refractivity contribution in [3.8, 4) is 11.5 Å². The molecule has 1 unspecified atom stereocenters. The first-order chi connectivity index (χ1) is 13.6. The van der Waals surface area contributed by atoms with E-state index in [2.05, 4.69) is 5.32 Å². The van der Waals surface area contributed by atoms with Gasteiger partial charge in [0.05, 0.1) is 20.3 Å². The van der Waals surface area contributed by atoms with E-state index in [1.807, 2.05) is 48.5 Å². The molecule has 1 atom stereocenters. The lowest BCUT2D eigenvalue weighted by atomic mass is 9.98. The molecule has 0 bridgehead atoms. The number of benzene rings is 3. The van der Waals surface area contributed by atoms with Gasteiger partial charge in [0.2, 0.25) is 0 Å². The Balaban J connectivity index is 1.85. The summed E-state index contributed by atoms with van der Waals surface area (Å²) < 4.78 is 10.5. The summed E-state index contributed by atoms with van der Waals surface area (Å²) in [5.41, 5.74) is 2.61. The summed E-state index contributed by atoms with van der Waals surface area (Å²) >= 11 is 6.03. The van der Waals surface area contributed by atoms with Crippen LogP contribution in [-0.2, 0) is 6.42 Å². The molecule has 1 amide bonds. The highest BCUT2D eigenvalue weighted by molar-refractivity contribution is 6.30. The third kappa shape index (κ3) is 5.05. The fourth-order valence-corrected chi connectivity index (χ4v) is 3.15. The fourth-order valence-electron chi connectivity index (χ4n) is 2.96. The monoisotopic (exact) mass is 395 g/mol. The standard InChI is InChI=1S/C23H22ClNO3/c1-27-20-10-6-16(7-11-20)14-22(17-8-12-21(28-2)13-9-17)25-23(26)18-4-3-5-19(24)15-18/h3-13,15,22H,14H2,1-2H3,(H,25,26). The van der Waals surface area contributed by atoms with Gasteiger partial charge in [-0.2, -0.15) is 0 Å². The van der Waals surface area contributed by atoms with Gasteiger partial charge < -0.3 is 14.8 Å². The largest absolute Gasteiger partial charge is 0.497 e. The highest BCUT2D eigenvalue weighted by atomic mass is 35.5. The van der Waals surface area contributed by atoms with Gasteiger partial charge in [0.25, 0.3) is 5.91 Å². The van der Waals surface area contributed by atoms with Crippen molar-refractivity contribution in [2.24, 2.45) is 0 Å². The molecule has 3 aromatic carbocycles. The van der Waals surface area contributed by atoms with Crippen LogP contribution >= 0.6 is 11.6 Å². The Kier molecular flexibility index (Phi) is 6.56. The van der Waals surface area contributed by atoms with E-state index in [4.69, 9.17) is 21.1 Å². The van der Waals surface area contributed by atoms with Crippen LogP contribution in [0.4, 0.5) is 0 Å². The number of carbonyl (C=O) groups is 1. The van der Waals surface area contributed by atoms with E-state index in [-0.39, 0.29) is 11.9 Å². The Bertz CT molecular complexity index is 923. The van der Waals surface area contributed by atoms with Crippen LogP contribution in [0.15, 0.2) is 72.8 Å². The minimum absolute atomic E-state index is 0.170. The number of nitrogens with one attached hydrogen (secondary N) is 1. The summed E-state index contributed by atoms with van der Waals surface area (Å²) in [5.74, 6) is 1.40. The van der Waals surface area contributed by atoms with Gasteiger partial charge in [-0.25, -0.2) is 0 Å². The predicted molar refractivity (Wildman–Crippen MR) is 111 cm³/mol. The van der Waals surface area contributed by atoms with Crippen molar-refractivity contribution in [2.75, 3.05) is 14.2 Å². The number of amides is 1. The number of methoxy groups -OCH3 is 2. The van der Waals surface area contributed by atoms with Gasteiger partial charge in [0.15, 0.2) is 0 Å². The van der Waals surface area contributed by atoms with Crippen molar-refractivity contribution >= 4 is 17.5 Å². The van der Waals surface area contributed by atoms with Gasteiger partial charge in [0.1, 0.15) is 11.5 Å². The predicted octanol–water partition coefficient (Wildman–Crippen LogP) is 5.07. The van der Waals surface area contributed by atoms with Crippen LogP contribution in [0.25, 0.3) is 0 Å². The molecule has 0 aromatic heterocycles. The Morgan fingerprint density at radius 1 is 0.929 bits per heavy atom. The Morgan fingerprint density at radius 3 is 2.11 bits per heavy atom. The first-order valence-electron chi connectivity index (χ1n) is 8.92. The summed E-state index contributed by atoms with van der Waals surface area (Å²) in [6.07, 6.45) is 0.641. The maximum Gasteiger partial charge on any atom is 0.251 e. The second-order valence-corrected chi connectivity index (χ2v) is 6.80. The van der Waals surface area contributed by atoms with Crippen LogP contribution < -0.4 is 14.8 Å². The molecule has 5 heteroatoms. The zero-order chi connectivity index (χ0) is 19.9. The molecule has 0 saturated heterocycles. The lowest BCUT2D eigenvalue weighted by Crippen LogP contribution is -2.30. The molecular weight excluding hydrogens is 374 g/mol. The molecule has 0 aliphatic carbocycles. The average molecular weight is 396 g/mol. The molecule has 0 saturated carbocycles. The molecule has 3 aromatic rings. The lowest BCUT2D eigenvalue weighted by molar-refractivity contribution is 0.0936. The van der Waals surface area contributed by atoms with E-state index in [0.29, 0.717) is 17.0 Å². The topological polar surface area (TPSA) is 47.6 Å². The normalized spacial score (nSPS) is 11.5. The minimum Gasteiger partial charge on any atom is -0.497 e. The van der Waals surface area contributed by atoms with E-state index < -0.39 is 0 Å². The van der Waals surface area contributed by atoms with Crippen molar-refractivity contribution in [3.05, 3.63) is 94.5 Å². The third-order valence-electron chi connectivity index (χ3n) is 4.51. The number of ether oxygens (including phenoxy) is 2.